The summed E-state index contributed by atoms with van der Waals surface area (Å²) in [7, 11) is 0. The summed E-state index contributed by atoms with van der Waals surface area (Å²) in [6, 6.07) is 16.7. The molecule has 0 bridgehead atoms. The van der Waals surface area contributed by atoms with Gasteiger partial charge in [-0.1, -0.05) is 36.4 Å². The lowest BCUT2D eigenvalue weighted by atomic mass is 9.95. The number of aliphatic hydroxyl groups excluding tert-OH is 1. The Morgan fingerprint density at radius 2 is 1.67 bits per heavy atom. The molecule has 1 saturated heterocycles. The van der Waals surface area contributed by atoms with Crippen LogP contribution in [0.5, 0.6) is 0 Å². The summed E-state index contributed by atoms with van der Waals surface area (Å²) in [5, 5.41) is 10.1. The summed E-state index contributed by atoms with van der Waals surface area (Å²) in [6.07, 6.45) is -0.577. The molecule has 4 atom stereocenters. The minimum absolute atomic E-state index is 0.158. The molecule has 4 aromatic rings. The Balaban J connectivity index is 1.58. The van der Waals surface area contributed by atoms with E-state index < -0.39 is 42.6 Å². The van der Waals surface area contributed by atoms with E-state index in [1.165, 1.54) is 17.2 Å². The van der Waals surface area contributed by atoms with Crippen LogP contribution in [0.3, 0.4) is 0 Å². The van der Waals surface area contributed by atoms with Crippen LogP contribution in [0.2, 0.25) is 0 Å². The second-order valence-corrected chi connectivity index (χ2v) is 8.42. The van der Waals surface area contributed by atoms with Crippen LogP contribution in [0, 0.1) is 0 Å². The number of fused-ring (bicyclic) bond motifs is 1. The molecule has 36 heavy (non-hydrogen) atoms. The smallest absolute Gasteiger partial charge is 0.338 e. The summed E-state index contributed by atoms with van der Waals surface area (Å²) in [6.45, 7) is 1.07. The average Bonchev–Trinajstić information content (AvgIpc) is 3.44. The highest BCUT2D eigenvalue weighted by molar-refractivity contribution is 5.90. The van der Waals surface area contributed by atoms with Gasteiger partial charge >= 0.3 is 11.9 Å². The van der Waals surface area contributed by atoms with E-state index in [1.54, 1.807) is 67.6 Å². The second kappa shape index (κ2) is 9.36. The van der Waals surface area contributed by atoms with Gasteiger partial charge in [0, 0.05) is 0 Å². The van der Waals surface area contributed by atoms with Crippen molar-refractivity contribution in [2.45, 2.75) is 31.0 Å². The lowest BCUT2D eigenvalue weighted by Crippen LogP contribution is -2.50. The zero-order chi connectivity index (χ0) is 25.3. The summed E-state index contributed by atoms with van der Waals surface area (Å²) >= 11 is 0. The number of imidazole rings is 1. The standard InChI is InChI=1S/C25H23N5O6/c1-25(36-23(33)16-10-6-3-7-11-16)19(35-22(32)15-8-4-2-5-9-15)17(12-31)34-24(25)30-14-29-18-20(26)27-13-28-21(18)30/h2-11,13-14,17,19,24,31H,12H2,1H3,(H2,26,27,28)/t17-,19-,24-,25-/m1/s1. The van der Waals surface area contributed by atoms with Crippen molar-refractivity contribution >= 4 is 28.9 Å². The van der Waals surface area contributed by atoms with Crippen molar-refractivity contribution in [2.24, 2.45) is 0 Å². The number of hydrogen-bond acceptors (Lipinski definition) is 10. The van der Waals surface area contributed by atoms with Crippen molar-refractivity contribution in [3.05, 3.63) is 84.4 Å². The first-order valence-corrected chi connectivity index (χ1v) is 11.2. The van der Waals surface area contributed by atoms with E-state index in [0.717, 1.165) is 0 Å². The van der Waals surface area contributed by atoms with Crippen LogP contribution in [0.15, 0.2) is 73.3 Å². The number of nitrogen functional groups attached to an aromatic ring is 1. The van der Waals surface area contributed by atoms with Gasteiger partial charge in [-0.25, -0.2) is 24.5 Å². The van der Waals surface area contributed by atoms with Crippen LogP contribution in [0.25, 0.3) is 11.2 Å². The van der Waals surface area contributed by atoms with Crippen LogP contribution in [0.1, 0.15) is 33.9 Å². The number of ether oxygens (including phenoxy) is 3. The van der Waals surface area contributed by atoms with Crippen molar-refractivity contribution < 1.29 is 28.9 Å². The number of carbonyl (C=O) groups excluding carboxylic acids is 2. The SMILES string of the molecule is C[C@@]1(OC(=O)c2ccccc2)[C@H](OC(=O)c2ccccc2)[C@@H](CO)O[C@H]1n1cnc2c(N)ncnc21. The van der Waals surface area contributed by atoms with Gasteiger partial charge in [0.15, 0.2) is 29.4 Å². The molecular formula is C25H23N5O6. The number of anilines is 1. The molecular weight excluding hydrogens is 466 g/mol. The topological polar surface area (TPSA) is 152 Å². The van der Waals surface area contributed by atoms with Gasteiger partial charge in [-0.3, -0.25) is 4.57 Å². The molecule has 0 saturated carbocycles. The van der Waals surface area contributed by atoms with E-state index in [4.69, 9.17) is 19.9 Å². The van der Waals surface area contributed by atoms with Crippen LogP contribution in [-0.2, 0) is 14.2 Å². The highest BCUT2D eigenvalue weighted by atomic mass is 16.7. The normalized spacial score (nSPS) is 23.4. The number of aromatic nitrogens is 4. The van der Waals surface area contributed by atoms with Gasteiger partial charge in [0.25, 0.3) is 0 Å². The summed E-state index contributed by atoms with van der Waals surface area (Å²) in [4.78, 5) is 38.7. The molecule has 0 amide bonds. The number of nitrogens with two attached hydrogens (primary N) is 1. The minimum Gasteiger partial charge on any atom is -0.451 e. The monoisotopic (exact) mass is 489 g/mol. The van der Waals surface area contributed by atoms with Gasteiger partial charge in [-0.2, -0.15) is 0 Å². The Kier molecular flexibility index (Phi) is 6.08. The second-order valence-electron chi connectivity index (χ2n) is 8.42. The Morgan fingerprint density at radius 1 is 1.03 bits per heavy atom. The third-order valence-electron chi connectivity index (χ3n) is 6.08. The largest absolute Gasteiger partial charge is 0.451 e. The first-order chi connectivity index (χ1) is 17.4. The number of aliphatic hydroxyl groups is 1. The maximum atomic E-state index is 13.2. The van der Waals surface area contributed by atoms with E-state index in [-0.39, 0.29) is 5.82 Å². The molecule has 0 unspecified atom stereocenters. The minimum atomic E-state index is -1.60. The molecule has 11 nitrogen and oxygen atoms in total. The summed E-state index contributed by atoms with van der Waals surface area (Å²) < 4.78 is 19.5. The summed E-state index contributed by atoms with van der Waals surface area (Å²) in [5.74, 6) is -1.16. The van der Waals surface area contributed by atoms with Gasteiger partial charge in [-0.15, -0.1) is 0 Å². The fourth-order valence-electron chi connectivity index (χ4n) is 4.30. The van der Waals surface area contributed by atoms with Gasteiger partial charge < -0.3 is 25.1 Å². The van der Waals surface area contributed by atoms with Crippen LogP contribution in [0.4, 0.5) is 5.82 Å². The van der Waals surface area contributed by atoms with Crippen molar-refractivity contribution in [2.75, 3.05) is 12.3 Å². The lowest BCUT2D eigenvalue weighted by Gasteiger charge is -2.34. The fourth-order valence-corrected chi connectivity index (χ4v) is 4.30. The van der Waals surface area contributed by atoms with E-state index in [2.05, 4.69) is 15.0 Å². The van der Waals surface area contributed by atoms with E-state index in [1.807, 2.05) is 0 Å². The molecule has 0 spiro atoms. The van der Waals surface area contributed by atoms with Crippen LogP contribution < -0.4 is 5.73 Å². The van der Waals surface area contributed by atoms with E-state index in [0.29, 0.717) is 22.3 Å². The quantitative estimate of drug-likeness (QED) is 0.385. The van der Waals surface area contributed by atoms with E-state index in [9.17, 15) is 14.7 Å². The molecule has 5 rings (SSSR count). The number of carbonyl (C=O) groups is 2. The third-order valence-corrected chi connectivity index (χ3v) is 6.08. The van der Waals surface area contributed by atoms with Crippen molar-refractivity contribution in [3.8, 4) is 0 Å². The van der Waals surface area contributed by atoms with Gasteiger partial charge in [0.05, 0.1) is 24.1 Å². The number of rotatable bonds is 6. The molecule has 1 fully saturated rings. The van der Waals surface area contributed by atoms with Gasteiger partial charge in [0.1, 0.15) is 17.9 Å². The number of nitrogens with zero attached hydrogens (tertiary/aromatic N) is 4. The number of hydrogen-bond donors (Lipinski definition) is 2. The lowest BCUT2D eigenvalue weighted by molar-refractivity contribution is -0.108. The van der Waals surface area contributed by atoms with Crippen molar-refractivity contribution in [3.63, 3.8) is 0 Å². The zero-order valence-corrected chi connectivity index (χ0v) is 19.2. The third kappa shape index (κ3) is 4.04. The average molecular weight is 489 g/mol. The van der Waals surface area contributed by atoms with Crippen LogP contribution >= 0.6 is 0 Å². The van der Waals surface area contributed by atoms with Crippen LogP contribution in [-0.4, -0.2) is 61.0 Å². The van der Waals surface area contributed by atoms with Gasteiger partial charge in [0.2, 0.25) is 0 Å². The highest BCUT2D eigenvalue weighted by Gasteiger charge is 2.60. The van der Waals surface area contributed by atoms with Crippen molar-refractivity contribution in [1.82, 2.24) is 19.5 Å². The molecule has 0 aliphatic carbocycles. The Bertz CT molecular complexity index is 1400. The Hall–Kier alpha value is -4.35. The molecule has 1 aliphatic heterocycles. The molecule has 3 N–H and O–H groups in total. The number of benzene rings is 2. The Morgan fingerprint density at radius 3 is 2.31 bits per heavy atom. The fraction of sp³-hybridized carbons (Fsp3) is 0.240. The first-order valence-electron chi connectivity index (χ1n) is 11.2. The number of esters is 2. The first kappa shape index (κ1) is 23.4. The summed E-state index contributed by atoms with van der Waals surface area (Å²) in [5.41, 5.74) is 5.57. The predicted octanol–water partition coefficient (Wildman–Crippen LogP) is 2.14. The van der Waals surface area contributed by atoms with Crippen molar-refractivity contribution in [1.29, 1.82) is 0 Å². The zero-order valence-electron chi connectivity index (χ0n) is 19.2. The highest BCUT2D eigenvalue weighted by Crippen LogP contribution is 2.44. The molecule has 1 aliphatic rings. The molecule has 0 radical (unpaired) electrons. The molecule has 184 valence electrons. The Labute approximate surface area is 205 Å². The molecule has 2 aromatic carbocycles. The maximum absolute atomic E-state index is 13.2. The van der Waals surface area contributed by atoms with E-state index >= 15 is 0 Å². The maximum Gasteiger partial charge on any atom is 0.338 e. The predicted molar refractivity (Wildman–Crippen MR) is 127 cm³/mol. The molecule has 11 heteroatoms. The van der Waals surface area contributed by atoms with Gasteiger partial charge in [-0.05, 0) is 31.2 Å². The molecule has 3 heterocycles. The molecule has 2 aromatic heterocycles.